The zero-order valence-electron chi connectivity index (χ0n) is 33.1. The van der Waals surface area contributed by atoms with Crippen LogP contribution in [0.1, 0.15) is 115 Å². The number of carbonyl (C=O) groups excluding carboxylic acids is 4. The Morgan fingerprint density at radius 3 is 2.22 bits per heavy atom. The number of primary amides is 1. The highest BCUT2D eigenvalue weighted by molar-refractivity contribution is 5.95. The van der Waals surface area contributed by atoms with E-state index in [9.17, 15) is 34.5 Å². The molecule has 2 fully saturated rings. The van der Waals surface area contributed by atoms with Crippen LogP contribution in [0.3, 0.4) is 0 Å². The van der Waals surface area contributed by atoms with Gasteiger partial charge in [-0.2, -0.15) is 0 Å². The van der Waals surface area contributed by atoms with Crippen LogP contribution in [0.2, 0.25) is 0 Å². The summed E-state index contributed by atoms with van der Waals surface area (Å²) in [7, 11) is 0. The van der Waals surface area contributed by atoms with E-state index in [-0.39, 0.29) is 44.7 Å². The zero-order chi connectivity index (χ0) is 40.4. The molecule has 4 amide bonds. The van der Waals surface area contributed by atoms with E-state index in [2.05, 4.69) is 36.3 Å². The highest BCUT2D eigenvalue weighted by Gasteiger charge is 2.46. The summed E-state index contributed by atoms with van der Waals surface area (Å²) in [6.07, 6.45) is 7.24. The maximum atomic E-state index is 14.4. The third kappa shape index (κ3) is 14.2. The van der Waals surface area contributed by atoms with Crippen LogP contribution in [0.25, 0.3) is 0 Å². The number of nitrogens with one attached hydrogen (secondary N) is 2. The molecule has 0 radical (unpaired) electrons. The first-order valence-electron chi connectivity index (χ1n) is 20.1. The monoisotopic (exact) mass is 774 g/mol. The fourth-order valence-corrected chi connectivity index (χ4v) is 7.44. The number of nitrogens with two attached hydrogens (primary N) is 1. The number of aryl methyl sites for hydroxylation is 2. The van der Waals surface area contributed by atoms with Gasteiger partial charge in [-0.3, -0.25) is 14.4 Å². The summed E-state index contributed by atoms with van der Waals surface area (Å²) >= 11 is 0. The maximum Gasteiger partial charge on any atom is 0.404 e. The van der Waals surface area contributed by atoms with Crippen LogP contribution in [0, 0.1) is 0 Å². The lowest BCUT2D eigenvalue weighted by Gasteiger charge is -2.45. The predicted molar refractivity (Wildman–Crippen MR) is 208 cm³/mol. The lowest BCUT2D eigenvalue weighted by Crippen LogP contribution is -2.66. The summed E-state index contributed by atoms with van der Waals surface area (Å²) in [5.74, 6) is -1.41. The Hall–Kier alpha value is -3.56. The molecule has 2 aliphatic heterocycles. The molecule has 2 heterocycles. The van der Waals surface area contributed by atoms with Gasteiger partial charge in [0.25, 0.3) is 0 Å². The molecule has 2 unspecified atom stereocenters. The minimum atomic E-state index is -1.40. The lowest BCUT2D eigenvalue weighted by molar-refractivity contribution is -0.238. The molecule has 6 atom stereocenters. The smallest absolute Gasteiger partial charge is 0.404 e. The van der Waals surface area contributed by atoms with Crippen molar-refractivity contribution in [3.63, 3.8) is 0 Å². The second-order valence-corrected chi connectivity index (χ2v) is 15.4. The van der Waals surface area contributed by atoms with Gasteiger partial charge in [-0.1, -0.05) is 82.7 Å². The van der Waals surface area contributed by atoms with Gasteiger partial charge in [0.15, 0.2) is 12.4 Å². The summed E-state index contributed by atoms with van der Waals surface area (Å²) in [4.78, 5) is 54.0. The minimum absolute atomic E-state index is 0.0162. The van der Waals surface area contributed by atoms with E-state index >= 15 is 0 Å². The molecular weight excluding hydrogens is 708 g/mol. The zero-order valence-corrected chi connectivity index (χ0v) is 33.1. The maximum absolute atomic E-state index is 14.4. The van der Waals surface area contributed by atoms with Crippen molar-refractivity contribution < 1.29 is 48.7 Å². The van der Waals surface area contributed by atoms with E-state index in [0.717, 1.165) is 18.4 Å². The molecule has 1 aromatic carbocycles. The van der Waals surface area contributed by atoms with Gasteiger partial charge < -0.3 is 50.8 Å². The van der Waals surface area contributed by atoms with Crippen molar-refractivity contribution in [3.05, 3.63) is 48.0 Å². The van der Waals surface area contributed by atoms with Crippen molar-refractivity contribution in [2.75, 3.05) is 26.4 Å². The van der Waals surface area contributed by atoms with Crippen molar-refractivity contribution in [1.29, 1.82) is 0 Å². The molecule has 0 aliphatic carbocycles. The van der Waals surface area contributed by atoms with Crippen molar-refractivity contribution >= 4 is 23.8 Å². The molecule has 0 aromatic heterocycles. The number of carbonyl (C=O) groups is 4. The highest BCUT2D eigenvalue weighted by Crippen LogP contribution is 2.29. The SMILES string of the molecule is C=CCC(=O)NC(C)(CCC)C(=O)N1CC[C@@H](O[C@@H]2C[C@@H](O)[C@H](OC(N)=O)CO2)CC1C(=O)NC(CO)(CO)CCc1ccc(CCCCCCCC)cc1. The molecule has 0 spiro atoms. The number of aliphatic hydroxyl groups is 3. The molecule has 310 valence electrons. The van der Waals surface area contributed by atoms with Gasteiger partial charge in [0.1, 0.15) is 11.6 Å². The second kappa shape index (κ2) is 22.9. The summed E-state index contributed by atoms with van der Waals surface area (Å²) < 4.78 is 16.8. The Morgan fingerprint density at radius 2 is 1.62 bits per heavy atom. The van der Waals surface area contributed by atoms with E-state index < -0.39 is 72.8 Å². The Labute approximate surface area is 326 Å². The second-order valence-electron chi connectivity index (χ2n) is 15.4. The normalized spacial score (nSPS) is 22.7. The van der Waals surface area contributed by atoms with Crippen LogP contribution < -0.4 is 16.4 Å². The van der Waals surface area contributed by atoms with Gasteiger partial charge in [0.05, 0.1) is 37.6 Å². The molecule has 2 aliphatic rings. The Bertz CT molecular complexity index is 1370. The van der Waals surface area contributed by atoms with Crippen molar-refractivity contribution in [1.82, 2.24) is 15.5 Å². The molecule has 3 rings (SSSR count). The summed E-state index contributed by atoms with van der Waals surface area (Å²) in [6, 6.07) is 7.19. The standard InChI is InChI=1S/C41H66N4O10/c1-5-8-9-10-11-12-14-29-15-17-30(18-16-29)19-22-41(27-46,28-47)44-37(50)32-24-31(54-36-25-33(48)34(26-53-36)55-39(42)52)20-23-45(32)38(51)40(4,21-7-3)43-35(49)13-6-2/h6,15-18,31-34,36,46-48H,2,5,7-14,19-28H2,1,3-4H3,(H2,42,52)(H,43,49)(H,44,50)/t31-,32?,33-,34-,36-,40?/m1/s1. The van der Waals surface area contributed by atoms with Crippen LogP contribution in [-0.4, -0.2) is 112 Å². The summed E-state index contributed by atoms with van der Waals surface area (Å²) in [5, 5.41) is 37.5. The summed E-state index contributed by atoms with van der Waals surface area (Å²) in [6.45, 7) is 8.23. The van der Waals surface area contributed by atoms with E-state index in [0.29, 0.717) is 25.7 Å². The topological polar surface area (TPSA) is 210 Å². The number of aliphatic hydroxyl groups excluding tert-OH is 3. The number of benzene rings is 1. The largest absolute Gasteiger partial charge is 0.441 e. The Kier molecular flexibility index (Phi) is 19.0. The number of amides is 4. The van der Waals surface area contributed by atoms with Crippen molar-refractivity contribution in [3.8, 4) is 0 Å². The quantitative estimate of drug-likeness (QED) is 0.0704. The fourth-order valence-electron chi connectivity index (χ4n) is 7.44. The van der Waals surface area contributed by atoms with Crippen molar-refractivity contribution in [2.45, 2.75) is 159 Å². The average Bonchev–Trinajstić information content (AvgIpc) is 3.16. The van der Waals surface area contributed by atoms with E-state index in [1.807, 2.05) is 19.1 Å². The fraction of sp³-hybridized carbons (Fsp3) is 0.707. The van der Waals surface area contributed by atoms with Gasteiger partial charge >= 0.3 is 6.09 Å². The molecule has 55 heavy (non-hydrogen) atoms. The molecular formula is C41H66N4O10. The van der Waals surface area contributed by atoms with Gasteiger partial charge in [-0.15, -0.1) is 6.58 Å². The third-order valence-electron chi connectivity index (χ3n) is 10.7. The Morgan fingerprint density at radius 1 is 0.964 bits per heavy atom. The van der Waals surface area contributed by atoms with Crippen LogP contribution in [0.5, 0.6) is 0 Å². The number of unbranched alkanes of at least 4 members (excludes halogenated alkanes) is 5. The van der Waals surface area contributed by atoms with Gasteiger partial charge in [0, 0.05) is 25.8 Å². The summed E-state index contributed by atoms with van der Waals surface area (Å²) in [5.41, 5.74) is 4.64. The molecule has 14 heteroatoms. The van der Waals surface area contributed by atoms with Crippen LogP contribution in [0.15, 0.2) is 36.9 Å². The Balaban J connectivity index is 1.77. The number of ether oxygens (including phenoxy) is 3. The predicted octanol–water partition coefficient (Wildman–Crippen LogP) is 3.56. The van der Waals surface area contributed by atoms with Crippen LogP contribution >= 0.6 is 0 Å². The lowest BCUT2D eigenvalue weighted by atomic mass is 9.88. The number of hydrogen-bond donors (Lipinski definition) is 6. The molecule has 0 bridgehead atoms. The van der Waals surface area contributed by atoms with E-state index in [1.54, 1.807) is 6.92 Å². The van der Waals surface area contributed by atoms with Gasteiger partial charge in [-0.25, -0.2) is 4.79 Å². The first kappa shape index (κ1) is 45.8. The molecule has 7 N–H and O–H groups in total. The molecule has 1 aromatic rings. The van der Waals surface area contributed by atoms with E-state index in [4.69, 9.17) is 19.9 Å². The number of piperidine rings is 1. The van der Waals surface area contributed by atoms with Crippen LogP contribution in [0.4, 0.5) is 4.79 Å². The average molecular weight is 775 g/mol. The number of hydrogen-bond acceptors (Lipinski definition) is 10. The van der Waals surface area contributed by atoms with Gasteiger partial charge in [-0.05, 0) is 56.6 Å². The first-order valence-corrected chi connectivity index (χ1v) is 20.1. The number of likely N-dealkylation sites (tertiary alicyclic amines) is 1. The number of nitrogens with zero attached hydrogens (tertiary/aromatic N) is 1. The molecule has 14 nitrogen and oxygen atoms in total. The minimum Gasteiger partial charge on any atom is -0.441 e. The van der Waals surface area contributed by atoms with Crippen LogP contribution in [-0.2, 0) is 41.4 Å². The number of rotatable bonds is 23. The van der Waals surface area contributed by atoms with Gasteiger partial charge in [0.2, 0.25) is 17.7 Å². The molecule has 2 saturated heterocycles. The van der Waals surface area contributed by atoms with E-state index in [1.165, 1.54) is 48.6 Å². The first-order chi connectivity index (χ1) is 26.3. The molecule has 0 saturated carbocycles. The third-order valence-corrected chi connectivity index (χ3v) is 10.7. The highest BCUT2D eigenvalue weighted by atomic mass is 16.7. The van der Waals surface area contributed by atoms with Crippen molar-refractivity contribution in [2.24, 2.45) is 5.73 Å².